The van der Waals surface area contributed by atoms with Crippen LogP contribution in [0.25, 0.3) is 0 Å². The number of benzene rings is 1. The maximum Gasteiger partial charge on any atom is 0.254 e. The van der Waals surface area contributed by atoms with Crippen LogP contribution in [0.2, 0.25) is 0 Å². The number of carbonyl (C=O) groups excluding carboxylic acids is 1. The first-order valence-electron chi connectivity index (χ1n) is 5.70. The number of nitrogens with two attached hydrogens (primary N) is 1. The Balaban J connectivity index is 2.95. The third-order valence-corrected chi connectivity index (χ3v) is 3.07. The minimum Gasteiger partial charge on any atom is -0.409 e. The molecule has 0 heterocycles. The van der Waals surface area contributed by atoms with Crippen LogP contribution in [0.1, 0.15) is 23.7 Å². The molecular weight excluding hydrogens is 317 g/mol. The number of hydrogen-bond donors (Lipinski definition) is 2. The van der Waals surface area contributed by atoms with Crippen LogP contribution < -0.4 is 5.73 Å². The van der Waals surface area contributed by atoms with Gasteiger partial charge in [-0.1, -0.05) is 12.1 Å². The Morgan fingerprint density at radius 3 is 2.79 bits per heavy atom. The van der Waals surface area contributed by atoms with Gasteiger partial charge >= 0.3 is 0 Å². The van der Waals surface area contributed by atoms with E-state index < -0.39 is 5.82 Å². The molecule has 1 amide bonds. The first-order chi connectivity index (χ1) is 8.99. The van der Waals surface area contributed by atoms with E-state index in [4.69, 9.17) is 10.9 Å². The number of nitrogens with zero attached hydrogens (tertiary/aromatic N) is 2. The van der Waals surface area contributed by atoms with Gasteiger partial charge in [-0.05, 0) is 40.5 Å². The summed E-state index contributed by atoms with van der Waals surface area (Å²) in [5.41, 5.74) is 5.62. The van der Waals surface area contributed by atoms with Crippen molar-refractivity contribution in [3.8, 4) is 0 Å². The lowest BCUT2D eigenvalue weighted by Crippen LogP contribution is -2.39. The van der Waals surface area contributed by atoms with Gasteiger partial charge < -0.3 is 15.8 Å². The Labute approximate surface area is 119 Å². The predicted octanol–water partition coefficient (Wildman–Crippen LogP) is 2.19. The molecule has 19 heavy (non-hydrogen) atoms. The minimum atomic E-state index is -0.508. The third-order valence-electron chi connectivity index (χ3n) is 2.43. The van der Waals surface area contributed by atoms with Gasteiger partial charge in [-0.3, -0.25) is 4.79 Å². The number of amidine groups is 1. The number of rotatable bonds is 5. The van der Waals surface area contributed by atoms with Crippen LogP contribution in [0, 0.1) is 5.82 Å². The molecule has 0 atom stereocenters. The lowest BCUT2D eigenvalue weighted by atomic mass is 10.2. The van der Waals surface area contributed by atoms with Gasteiger partial charge in [0.25, 0.3) is 5.91 Å². The van der Waals surface area contributed by atoms with E-state index in [1.165, 1.54) is 17.0 Å². The molecule has 0 spiro atoms. The van der Waals surface area contributed by atoms with Crippen molar-refractivity contribution >= 4 is 27.7 Å². The molecule has 0 aliphatic rings. The quantitative estimate of drug-likeness (QED) is 0.375. The Bertz CT molecular complexity index is 494. The zero-order chi connectivity index (χ0) is 14.4. The van der Waals surface area contributed by atoms with Crippen molar-refractivity contribution in [2.45, 2.75) is 13.3 Å². The van der Waals surface area contributed by atoms with Gasteiger partial charge in [0.2, 0.25) is 0 Å². The maximum absolute atomic E-state index is 13.4. The van der Waals surface area contributed by atoms with Crippen LogP contribution in [0.4, 0.5) is 4.39 Å². The lowest BCUT2D eigenvalue weighted by molar-refractivity contribution is 0.0777. The van der Waals surface area contributed by atoms with Gasteiger partial charge in [-0.15, -0.1) is 0 Å². The SMILES string of the molecule is CCCN(CC(N)=NO)C(=O)c1ccc(Br)c(F)c1. The summed E-state index contributed by atoms with van der Waals surface area (Å²) in [5.74, 6) is -0.940. The smallest absolute Gasteiger partial charge is 0.254 e. The van der Waals surface area contributed by atoms with Gasteiger partial charge in [-0.25, -0.2) is 4.39 Å². The van der Waals surface area contributed by atoms with Crippen LogP contribution in [0.5, 0.6) is 0 Å². The van der Waals surface area contributed by atoms with Crippen molar-refractivity contribution in [3.63, 3.8) is 0 Å². The third kappa shape index (κ3) is 4.20. The van der Waals surface area contributed by atoms with Crippen LogP contribution in [0.3, 0.4) is 0 Å². The Hall–Kier alpha value is -1.63. The summed E-state index contributed by atoms with van der Waals surface area (Å²) in [4.78, 5) is 13.6. The first kappa shape index (κ1) is 15.4. The molecule has 7 heteroatoms. The summed E-state index contributed by atoms with van der Waals surface area (Å²) in [6, 6.07) is 4.14. The standard InChI is InChI=1S/C12H15BrFN3O2/c1-2-5-17(7-11(15)16-19)12(18)8-3-4-9(13)10(14)6-8/h3-4,6,19H,2,5,7H2,1H3,(H2,15,16). The van der Waals surface area contributed by atoms with Crippen LogP contribution in [-0.4, -0.2) is 34.9 Å². The van der Waals surface area contributed by atoms with Gasteiger partial charge in [0.05, 0.1) is 11.0 Å². The van der Waals surface area contributed by atoms with Crippen molar-refractivity contribution in [3.05, 3.63) is 34.1 Å². The fourth-order valence-corrected chi connectivity index (χ4v) is 1.81. The zero-order valence-electron chi connectivity index (χ0n) is 10.4. The number of oxime groups is 1. The molecule has 0 aliphatic heterocycles. The zero-order valence-corrected chi connectivity index (χ0v) is 12.0. The average molecular weight is 332 g/mol. The molecule has 0 unspecified atom stereocenters. The van der Waals surface area contributed by atoms with Crippen molar-refractivity contribution in [1.29, 1.82) is 0 Å². The Morgan fingerprint density at radius 1 is 1.58 bits per heavy atom. The summed E-state index contributed by atoms with van der Waals surface area (Å²) < 4.78 is 13.7. The molecule has 5 nitrogen and oxygen atoms in total. The van der Waals surface area contributed by atoms with Crippen molar-refractivity contribution < 1.29 is 14.4 Å². The summed E-state index contributed by atoms with van der Waals surface area (Å²) in [7, 11) is 0. The molecule has 104 valence electrons. The monoisotopic (exact) mass is 331 g/mol. The highest BCUT2D eigenvalue weighted by Gasteiger charge is 2.17. The van der Waals surface area contributed by atoms with Crippen molar-refractivity contribution in [2.24, 2.45) is 10.9 Å². The van der Waals surface area contributed by atoms with E-state index in [-0.39, 0.29) is 23.9 Å². The fraction of sp³-hybridized carbons (Fsp3) is 0.333. The number of amides is 1. The molecule has 1 aromatic carbocycles. The lowest BCUT2D eigenvalue weighted by Gasteiger charge is -2.21. The van der Waals surface area contributed by atoms with Gasteiger partial charge in [0.1, 0.15) is 5.82 Å². The molecular formula is C12H15BrFN3O2. The Morgan fingerprint density at radius 2 is 2.26 bits per heavy atom. The number of carbonyl (C=O) groups is 1. The van der Waals surface area contributed by atoms with Gasteiger partial charge in [0.15, 0.2) is 5.84 Å². The van der Waals surface area contributed by atoms with E-state index in [2.05, 4.69) is 21.1 Å². The van der Waals surface area contributed by atoms with Crippen LogP contribution >= 0.6 is 15.9 Å². The molecule has 1 aromatic rings. The number of halogens is 2. The molecule has 0 radical (unpaired) electrons. The summed E-state index contributed by atoms with van der Waals surface area (Å²) in [6.07, 6.45) is 0.712. The largest absolute Gasteiger partial charge is 0.409 e. The molecule has 0 saturated carbocycles. The van der Waals surface area contributed by atoms with E-state index in [1.54, 1.807) is 0 Å². The molecule has 0 aliphatic carbocycles. The van der Waals surface area contributed by atoms with Crippen LogP contribution in [-0.2, 0) is 0 Å². The fourth-order valence-electron chi connectivity index (χ4n) is 1.56. The molecule has 0 saturated heterocycles. The second kappa shape index (κ2) is 7.08. The maximum atomic E-state index is 13.4. The van der Waals surface area contributed by atoms with E-state index in [0.717, 1.165) is 6.07 Å². The van der Waals surface area contributed by atoms with Gasteiger partial charge in [0, 0.05) is 12.1 Å². The van der Waals surface area contributed by atoms with Crippen molar-refractivity contribution in [2.75, 3.05) is 13.1 Å². The summed E-state index contributed by atoms with van der Waals surface area (Å²) in [5, 5.41) is 11.4. The first-order valence-corrected chi connectivity index (χ1v) is 6.49. The molecule has 0 aromatic heterocycles. The normalized spacial score (nSPS) is 11.4. The Kier molecular flexibility index (Phi) is 5.75. The van der Waals surface area contributed by atoms with Gasteiger partial charge in [-0.2, -0.15) is 0 Å². The molecule has 0 bridgehead atoms. The molecule has 0 fully saturated rings. The highest BCUT2D eigenvalue weighted by molar-refractivity contribution is 9.10. The molecule has 1 rings (SSSR count). The topological polar surface area (TPSA) is 78.9 Å². The second-order valence-corrected chi connectivity index (χ2v) is 4.80. The van der Waals surface area contributed by atoms with Crippen molar-refractivity contribution in [1.82, 2.24) is 4.90 Å². The summed E-state index contributed by atoms with van der Waals surface area (Å²) in [6.45, 7) is 2.34. The molecule has 3 N–H and O–H groups in total. The summed E-state index contributed by atoms with van der Waals surface area (Å²) >= 11 is 3.03. The van der Waals surface area contributed by atoms with E-state index in [0.29, 0.717) is 17.4 Å². The van der Waals surface area contributed by atoms with E-state index >= 15 is 0 Å². The van der Waals surface area contributed by atoms with E-state index in [1.807, 2.05) is 6.92 Å². The second-order valence-electron chi connectivity index (χ2n) is 3.95. The highest BCUT2D eigenvalue weighted by atomic mass is 79.9. The van der Waals surface area contributed by atoms with E-state index in [9.17, 15) is 9.18 Å². The van der Waals surface area contributed by atoms with Crippen LogP contribution in [0.15, 0.2) is 27.8 Å². The highest BCUT2D eigenvalue weighted by Crippen LogP contribution is 2.17. The average Bonchev–Trinajstić information content (AvgIpc) is 2.40. The predicted molar refractivity (Wildman–Crippen MR) is 73.7 cm³/mol. The number of hydrogen-bond acceptors (Lipinski definition) is 3. The minimum absolute atomic E-state index is 0.000850.